The van der Waals surface area contributed by atoms with Crippen molar-refractivity contribution in [1.82, 2.24) is 10.2 Å². The van der Waals surface area contributed by atoms with Gasteiger partial charge in [0.05, 0.1) is 6.04 Å². The molecule has 0 aliphatic carbocycles. The molecule has 1 unspecified atom stereocenters. The van der Waals surface area contributed by atoms with Crippen LogP contribution in [0.15, 0.2) is 18.2 Å². The van der Waals surface area contributed by atoms with Gasteiger partial charge >= 0.3 is 0 Å². The van der Waals surface area contributed by atoms with Gasteiger partial charge in [-0.25, -0.2) is 4.39 Å². The minimum Gasteiger partial charge on any atom is -0.308 e. The molecule has 1 aromatic carbocycles. The summed E-state index contributed by atoms with van der Waals surface area (Å²) in [5.74, 6) is -0.168. The predicted octanol–water partition coefficient (Wildman–Crippen LogP) is 3.52. The van der Waals surface area contributed by atoms with E-state index in [-0.39, 0.29) is 17.4 Å². The second-order valence-electron chi connectivity index (χ2n) is 5.94. The quantitative estimate of drug-likeness (QED) is 0.847. The molecule has 2 nitrogen and oxygen atoms in total. The predicted molar refractivity (Wildman–Crippen MR) is 79.9 cm³/mol. The molecule has 1 aromatic rings. The number of likely N-dealkylation sites (N-methyl/N-ethyl adjacent to an activating group) is 1. The van der Waals surface area contributed by atoms with Crippen LogP contribution in [-0.2, 0) is 0 Å². The number of halogens is 1. The highest BCUT2D eigenvalue weighted by Gasteiger charge is 2.33. The summed E-state index contributed by atoms with van der Waals surface area (Å²) in [7, 11) is 4.13. The number of benzene rings is 1. The van der Waals surface area contributed by atoms with Crippen LogP contribution in [0.1, 0.15) is 44.4 Å². The van der Waals surface area contributed by atoms with E-state index < -0.39 is 0 Å². The zero-order valence-corrected chi connectivity index (χ0v) is 13.0. The third-order valence-electron chi connectivity index (χ3n) is 4.01. The second kappa shape index (κ2) is 6.49. The van der Waals surface area contributed by atoms with E-state index in [0.717, 1.165) is 24.1 Å². The first-order valence-electron chi connectivity index (χ1n) is 6.97. The zero-order chi connectivity index (χ0) is 14.6. The average Bonchev–Trinajstić information content (AvgIpc) is 2.33. The lowest BCUT2D eigenvalue weighted by Gasteiger charge is -2.41. The summed E-state index contributed by atoms with van der Waals surface area (Å²) in [6.07, 6.45) is 1.06. The van der Waals surface area contributed by atoms with Gasteiger partial charge in [0, 0.05) is 5.54 Å². The fourth-order valence-corrected chi connectivity index (χ4v) is 2.21. The van der Waals surface area contributed by atoms with E-state index in [1.807, 2.05) is 13.0 Å². The Kier molecular flexibility index (Phi) is 5.50. The molecule has 1 N–H and O–H groups in total. The SMILES string of the molecule is CCCNC(c1cc(F)ccc1C)C(C)(C)N(C)C. The Hall–Kier alpha value is -0.930. The monoisotopic (exact) mass is 266 g/mol. The second-order valence-corrected chi connectivity index (χ2v) is 5.94. The Labute approximate surface area is 117 Å². The maximum absolute atomic E-state index is 13.6. The van der Waals surface area contributed by atoms with Crippen molar-refractivity contribution in [1.29, 1.82) is 0 Å². The number of hydrogen-bond donors (Lipinski definition) is 1. The van der Waals surface area contributed by atoms with Gasteiger partial charge in [-0.15, -0.1) is 0 Å². The molecular formula is C16H27FN2. The first-order valence-corrected chi connectivity index (χ1v) is 6.97. The summed E-state index contributed by atoms with van der Waals surface area (Å²) < 4.78 is 13.6. The lowest BCUT2D eigenvalue weighted by Crippen LogP contribution is -2.49. The van der Waals surface area contributed by atoms with Gasteiger partial charge < -0.3 is 10.2 Å². The van der Waals surface area contributed by atoms with Crippen LogP contribution in [0.4, 0.5) is 4.39 Å². The first-order chi connectivity index (χ1) is 8.80. The summed E-state index contributed by atoms with van der Waals surface area (Å²) in [6.45, 7) is 9.49. The van der Waals surface area contributed by atoms with Crippen LogP contribution in [0, 0.1) is 12.7 Å². The van der Waals surface area contributed by atoms with Gasteiger partial charge in [-0.05, 0) is 71.1 Å². The van der Waals surface area contributed by atoms with E-state index in [0.29, 0.717) is 0 Å². The number of rotatable bonds is 6. The smallest absolute Gasteiger partial charge is 0.123 e. The van der Waals surface area contributed by atoms with Crippen LogP contribution in [0.5, 0.6) is 0 Å². The lowest BCUT2D eigenvalue weighted by molar-refractivity contribution is 0.137. The average molecular weight is 266 g/mol. The minimum absolute atomic E-state index is 0.0896. The molecular weight excluding hydrogens is 239 g/mol. The van der Waals surface area contributed by atoms with Gasteiger partial charge in [0.15, 0.2) is 0 Å². The molecule has 1 atom stereocenters. The van der Waals surface area contributed by atoms with E-state index in [1.165, 1.54) is 6.07 Å². The van der Waals surface area contributed by atoms with Gasteiger partial charge in [-0.3, -0.25) is 0 Å². The van der Waals surface area contributed by atoms with Crippen LogP contribution in [-0.4, -0.2) is 31.1 Å². The van der Waals surface area contributed by atoms with Gasteiger partial charge in [0.2, 0.25) is 0 Å². The maximum atomic E-state index is 13.6. The van der Waals surface area contributed by atoms with E-state index in [9.17, 15) is 4.39 Å². The molecule has 0 saturated heterocycles. The molecule has 0 aliphatic rings. The molecule has 1 rings (SSSR count). The number of nitrogens with zero attached hydrogens (tertiary/aromatic N) is 1. The molecule has 3 heteroatoms. The first kappa shape index (κ1) is 16.1. The zero-order valence-electron chi connectivity index (χ0n) is 13.0. The van der Waals surface area contributed by atoms with Crippen molar-refractivity contribution in [2.45, 2.75) is 45.7 Å². The van der Waals surface area contributed by atoms with Crippen LogP contribution < -0.4 is 5.32 Å². The van der Waals surface area contributed by atoms with Crippen molar-refractivity contribution < 1.29 is 4.39 Å². The van der Waals surface area contributed by atoms with Crippen molar-refractivity contribution in [2.75, 3.05) is 20.6 Å². The van der Waals surface area contributed by atoms with Crippen LogP contribution >= 0.6 is 0 Å². The summed E-state index contributed by atoms with van der Waals surface area (Å²) >= 11 is 0. The Balaban J connectivity index is 3.19. The number of aryl methyl sites for hydroxylation is 1. The molecule has 0 radical (unpaired) electrons. The van der Waals surface area contributed by atoms with E-state index in [2.05, 4.69) is 45.1 Å². The number of hydrogen-bond acceptors (Lipinski definition) is 2. The molecule has 0 amide bonds. The van der Waals surface area contributed by atoms with Crippen molar-refractivity contribution in [3.05, 3.63) is 35.1 Å². The molecule has 0 aliphatic heterocycles. The normalized spacial score (nSPS) is 13.9. The van der Waals surface area contributed by atoms with Crippen LogP contribution in [0.3, 0.4) is 0 Å². The molecule has 0 bridgehead atoms. The standard InChI is InChI=1S/C16H27FN2/c1-7-10-18-15(16(3,4)19(5)6)14-11-13(17)9-8-12(14)2/h8-9,11,15,18H,7,10H2,1-6H3. The van der Waals surface area contributed by atoms with Gasteiger partial charge in [0.1, 0.15) is 5.82 Å². The largest absolute Gasteiger partial charge is 0.308 e. The highest BCUT2D eigenvalue weighted by Crippen LogP contribution is 2.31. The highest BCUT2D eigenvalue weighted by atomic mass is 19.1. The molecule has 0 heterocycles. The van der Waals surface area contributed by atoms with E-state index >= 15 is 0 Å². The molecule has 0 fully saturated rings. The Bertz CT molecular complexity index is 413. The van der Waals surface area contributed by atoms with Gasteiger partial charge in [-0.2, -0.15) is 0 Å². The molecule has 108 valence electrons. The lowest BCUT2D eigenvalue weighted by atomic mass is 9.85. The van der Waals surface area contributed by atoms with E-state index in [1.54, 1.807) is 6.07 Å². The Morgan fingerprint density at radius 2 is 1.95 bits per heavy atom. The number of nitrogens with one attached hydrogen (secondary N) is 1. The summed E-state index contributed by atoms with van der Waals surface area (Å²) in [4.78, 5) is 2.19. The summed E-state index contributed by atoms with van der Waals surface area (Å²) in [5, 5.41) is 3.57. The summed E-state index contributed by atoms with van der Waals surface area (Å²) in [6, 6.07) is 5.15. The maximum Gasteiger partial charge on any atom is 0.123 e. The molecule has 0 saturated carbocycles. The van der Waals surface area contributed by atoms with Crippen LogP contribution in [0.2, 0.25) is 0 Å². The summed E-state index contributed by atoms with van der Waals surface area (Å²) in [5.41, 5.74) is 2.09. The fraction of sp³-hybridized carbons (Fsp3) is 0.625. The Morgan fingerprint density at radius 3 is 2.47 bits per heavy atom. The van der Waals surface area contributed by atoms with Crippen molar-refractivity contribution in [2.24, 2.45) is 0 Å². The Morgan fingerprint density at radius 1 is 1.32 bits per heavy atom. The van der Waals surface area contributed by atoms with Gasteiger partial charge in [0.25, 0.3) is 0 Å². The van der Waals surface area contributed by atoms with Crippen molar-refractivity contribution in [3.63, 3.8) is 0 Å². The third-order valence-corrected chi connectivity index (χ3v) is 4.01. The third kappa shape index (κ3) is 3.77. The van der Waals surface area contributed by atoms with Crippen molar-refractivity contribution in [3.8, 4) is 0 Å². The molecule has 0 aromatic heterocycles. The van der Waals surface area contributed by atoms with E-state index in [4.69, 9.17) is 0 Å². The highest BCUT2D eigenvalue weighted by molar-refractivity contribution is 5.32. The van der Waals surface area contributed by atoms with Crippen molar-refractivity contribution >= 4 is 0 Å². The molecule has 19 heavy (non-hydrogen) atoms. The minimum atomic E-state index is -0.168. The fourth-order valence-electron chi connectivity index (χ4n) is 2.21. The van der Waals surface area contributed by atoms with Crippen LogP contribution in [0.25, 0.3) is 0 Å². The van der Waals surface area contributed by atoms with Gasteiger partial charge in [-0.1, -0.05) is 13.0 Å². The topological polar surface area (TPSA) is 15.3 Å². The molecule has 0 spiro atoms.